The quantitative estimate of drug-likeness (QED) is 0.161. The van der Waals surface area contributed by atoms with Gasteiger partial charge in [-0.1, -0.05) is 92.8 Å². The Labute approximate surface area is 272 Å². The third kappa shape index (κ3) is 2.47. The molecule has 2 saturated carbocycles. The topological polar surface area (TPSA) is 43.1 Å². The molecule has 5 aliphatic rings. The molecule has 0 spiro atoms. The molecule has 3 nitrogen and oxygen atoms in total. The Balaban J connectivity index is 1.80. The highest BCUT2D eigenvalue weighted by Crippen LogP contribution is 2.88. The van der Waals surface area contributed by atoms with E-state index in [9.17, 15) is 10.1 Å². The van der Waals surface area contributed by atoms with Crippen LogP contribution < -0.4 is 0 Å². The number of nitrogens with zero attached hydrogens (tertiary/aromatic N) is 1. The van der Waals surface area contributed by atoms with E-state index < -0.39 is 56.8 Å². The van der Waals surface area contributed by atoms with Gasteiger partial charge in [-0.3, -0.25) is 10.1 Å². The number of hydrogen-bond donors (Lipinski definition) is 0. The third-order valence-electron chi connectivity index (χ3n) is 8.39. The van der Waals surface area contributed by atoms with Crippen LogP contribution in [0.5, 0.6) is 0 Å². The van der Waals surface area contributed by atoms with Gasteiger partial charge in [0.25, 0.3) is 5.69 Å². The van der Waals surface area contributed by atoms with Gasteiger partial charge in [-0.15, -0.1) is 46.4 Å². The SMILES string of the molecule is O=[N+]([O-])c1cc2c(cc1Br)[C@H]1[C@@H]([C@@H]3[C@@H]2[C@]2(Cl)C(Cl)=C(Cl)[C@]3(Cl)C2(Cl)Cl)[C@]2(Cl)C(Cl)=C(Cl)[C@]1(Cl)C2(Cl)Cl. The highest BCUT2D eigenvalue weighted by Gasteiger charge is 2.91. The van der Waals surface area contributed by atoms with Crippen molar-refractivity contribution in [2.24, 2.45) is 11.8 Å². The van der Waals surface area contributed by atoms with Crippen molar-refractivity contribution in [2.75, 3.05) is 0 Å². The molecule has 0 saturated heterocycles. The summed E-state index contributed by atoms with van der Waals surface area (Å²) in [6, 6.07) is 2.88. The molecule has 0 N–H and O–H groups in total. The van der Waals surface area contributed by atoms with Gasteiger partial charge in [-0.2, -0.15) is 0 Å². The monoisotopic (exact) mass is 791 g/mol. The Hall–Kier alpha value is 2.06. The first-order chi connectivity index (χ1) is 16.3. The van der Waals surface area contributed by atoms with Gasteiger partial charge in [0.2, 0.25) is 0 Å². The smallest absolute Gasteiger partial charge is 0.258 e. The Morgan fingerprint density at radius 2 is 1.00 bits per heavy atom. The van der Waals surface area contributed by atoms with Gasteiger partial charge in [0.15, 0.2) is 8.67 Å². The Morgan fingerprint density at radius 3 is 1.36 bits per heavy atom. The van der Waals surface area contributed by atoms with E-state index in [1.807, 2.05) is 0 Å². The number of hydrogen-bond acceptors (Lipinski definition) is 2. The first-order valence-corrected chi connectivity index (χ1v) is 15.3. The second-order valence-electron chi connectivity index (χ2n) is 9.45. The molecule has 0 aliphatic heterocycles. The first-order valence-electron chi connectivity index (χ1n) is 9.93. The molecule has 0 amide bonds. The van der Waals surface area contributed by atoms with E-state index in [2.05, 4.69) is 15.9 Å². The van der Waals surface area contributed by atoms with Crippen LogP contribution in [0.25, 0.3) is 0 Å². The molecule has 2 fully saturated rings. The van der Waals surface area contributed by atoms with E-state index in [4.69, 9.17) is 139 Å². The Bertz CT molecular complexity index is 1400. The van der Waals surface area contributed by atoms with E-state index in [0.29, 0.717) is 11.1 Å². The number of allylic oxidation sites excluding steroid dienone is 4. The summed E-state index contributed by atoms with van der Waals surface area (Å²) in [4.78, 5) is 4.15. The van der Waals surface area contributed by atoms with Gasteiger partial charge in [-0.05, 0) is 33.1 Å². The average Bonchev–Trinajstić information content (AvgIpc) is 3.12. The second kappa shape index (κ2) is 7.71. The van der Waals surface area contributed by atoms with Gasteiger partial charge >= 0.3 is 0 Å². The fraction of sp³-hybridized carbons (Fsp3) is 0.500. The number of nitro benzene ring substituents is 1. The van der Waals surface area contributed by atoms with E-state index in [1.54, 1.807) is 0 Å². The van der Waals surface area contributed by atoms with E-state index in [1.165, 1.54) is 12.1 Å². The number of benzene rings is 1. The highest BCUT2D eigenvalue weighted by atomic mass is 79.9. The van der Waals surface area contributed by atoms with Gasteiger partial charge in [0, 0.05) is 29.7 Å². The minimum absolute atomic E-state index is 0.0546. The summed E-state index contributed by atoms with van der Waals surface area (Å²) in [6.07, 6.45) is 0. The van der Waals surface area contributed by atoms with Crippen molar-refractivity contribution < 1.29 is 4.92 Å². The molecule has 1 aromatic carbocycles. The lowest BCUT2D eigenvalue weighted by Gasteiger charge is -2.52. The molecule has 0 heterocycles. The molecule has 6 rings (SSSR count). The maximum Gasteiger partial charge on any atom is 0.283 e. The molecule has 1 aromatic rings. The lowest BCUT2D eigenvalue weighted by Crippen LogP contribution is -2.53. The Kier molecular flexibility index (Phi) is 6.04. The fourth-order valence-corrected chi connectivity index (χ4v) is 13.6. The van der Waals surface area contributed by atoms with Crippen molar-refractivity contribution in [1.29, 1.82) is 0 Å². The molecule has 5 aliphatic carbocycles. The van der Waals surface area contributed by atoms with Crippen molar-refractivity contribution in [3.05, 3.63) is 58.0 Å². The zero-order chi connectivity index (χ0) is 26.9. The van der Waals surface area contributed by atoms with Crippen LogP contribution in [0.4, 0.5) is 5.69 Å². The minimum atomic E-state index is -2.00. The zero-order valence-electron chi connectivity index (χ0n) is 16.6. The number of fused-ring (bicyclic) bond motifs is 14. The van der Waals surface area contributed by atoms with E-state index >= 15 is 0 Å². The van der Waals surface area contributed by atoms with E-state index in [-0.39, 0.29) is 30.3 Å². The lowest BCUT2D eigenvalue weighted by atomic mass is 9.57. The molecule has 16 heteroatoms. The van der Waals surface area contributed by atoms with Crippen LogP contribution in [0.15, 0.2) is 36.7 Å². The van der Waals surface area contributed by atoms with Crippen LogP contribution in [0.3, 0.4) is 0 Å². The lowest BCUT2D eigenvalue weighted by molar-refractivity contribution is -0.385. The summed E-state index contributed by atoms with van der Waals surface area (Å²) in [6.45, 7) is 0. The highest BCUT2D eigenvalue weighted by molar-refractivity contribution is 9.10. The summed E-state index contributed by atoms with van der Waals surface area (Å²) < 4.78 is -3.81. The molecule has 194 valence electrons. The fourth-order valence-electron chi connectivity index (χ4n) is 7.05. The van der Waals surface area contributed by atoms with Crippen LogP contribution in [0.1, 0.15) is 23.0 Å². The van der Waals surface area contributed by atoms with Crippen LogP contribution in [0.2, 0.25) is 0 Å². The molecule has 0 unspecified atom stereocenters. The maximum atomic E-state index is 11.9. The van der Waals surface area contributed by atoms with Gasteiger partial charge in [0.05, 0.1) is 29.5 Å². The van der Waals surface area contributed by atoms with Crippen LogP contribution in [0, 0.1) is 22.0 Å². The molecule has 0 radical (unpaired) electrons. The second-order valence-corrected chi connectivity index (χ2v) is 16.9. The normalized spacial score (nSPS) is 46.8. The van der Waals surface area contributed by atoms with Crippen LogP contribution >= 0.6 is 155 Å². The van der Waals surface area contributed by atoms with Crippen molar-refractivity contribution >= 4 is 161 Å². The van der Waals surface area contributed by atoms with E-state index in [0.717, 1.165) is 0 Å². The number of alkyl halides is 8. The summed E-state index contributed by atoms with van der Waals surface area (Å²) in [7, 11) is 0. The molecular weight excluding hydrogens is 792 g/mol. The summed E-state index contributed by atoms with van der Waals surface area (Å²) in [5.41, 5.74) is 0.578. The number of nitro groups is 1. The molecule has 4 bridgehead atoms. The average molecular weight is 798 g/mol. The van der Waals surface area contributed by atoms with Crippen LogP contribution in [-0.2, 0) is 0 Å². The van der Waals surface area contributed by atoms with Crippen molar-refractivity contribution in [2.45, 2.75) is 40.0 Å². The molecular formula is C20H6BrCl12NO2. The van der Waals surface area contributed by atoms with Crippen molar-refractivity contribution in [1.82, 2.24) is 0 Å². The number of rotatable bonds is 1. The summed E-state index contributed by atoms with van der Waals surface area (Å²) in [5.74, 6) is -3.63. The molecule has 36 heavy (non-hydrogen) atoms. The van der Waals surface area contributed by atoms with Crippen molar-refractivity contribution in [3.63, 3.8) is 0 Å². The number of halogens is 13. The minimum Gasteiger partial charge on any atom is -0.258 e. The van der Waals surface area contributed by atoms with Crippen molar-refractivity contribution in [3.8, 4) is 0 Å². The predicted octanol–water partition coefficient (Wildman–Crippen LogP) is 10.5. The maximum absolute atomic E-state index is 11.9. The first kappa shape index (κ1) is 28.2. The third-order valence-corrected chi connectivity index (χ3v) is 17.6. The molecule has 8 atom stereocenters. The van der Waals surface area contributed by atoms with Gasteiger partial charge in [0.1, 0.15) is 19.5 Å². The zero-order valence-corrected chi connectivity index (χ0v) is 27.3. The standard InChI is InChI=1S/C20H6BrCl12NO2/c21-5-1-3-4(2-6(5)34(35)36)8-10(18(29)14(25)12(23)16(8,27)20(18,32)33)9-7(3)15(26)11(22)13(24)17(9,28)19(15,30)31/h1-2,7-10H/t7-,8+,9-,10-,15-,16-,17-,18-/m0/s1. The van der Waals surface area contributed by atoms with Gasteiger partial charge < -0.3 is 0 Å². The Morgan fingerprint density at radius 1 is 0.667 bits per heavy atom. The largest absolute Gasteiger partial charge is 0.283 e. The van der Waals surface area contributed by atoms with Crippen LogP contribution in [-0.4, -0.2) is 33.1 Å². The molecule has 0 aromatic heterocycles. The predicted molar refractivity (Wildman–Crippen MR) is 154 cm³/mol. The van der Waals surface area contributed by atoms with Gasteiger partial charge in [-0.25, -0.2) is 0 Å². The summed E-state index contributed by atoms with van der Waals surface area (Å²) >= 11 is 86.5. The summed E-state index contributed by atoms with van der Waals surface area (Å²) in [5, 5.41) is 11.6.